The largest absolute Gasteiger partial charge is 0.381 e. The van der Waals surface area contributed by atoms with Crippen LogP contribution in [0.5, 0.6) is 11.5 Å². The van der Waals surface area contributed by atoms with Gasteiger partial charge in [0.25, 0.3) is 0 Å². The first-order chi connectivity index (χ1) is 15.7. The van der Waals surface area contributed by atoms with Gasteiger partial charge < -0.3 is 19.4 Å². The molecule has 6 rings (SSSR count). The number of aromatic nitrogens is 1. The van der Waals surface area contributed by atoms with E-state index in [1.54, 1.807) is 0 Å². The van der Waals surface area contributed by atoms with E-state index >= 15 is 0 Å². The van der Waals surface area contributed by atoms with Crippen LogP contribution in [-0.4, -0.2) is 36.2 Å². The van der Waals surface area contributed by atoms with Crippen LogP contribution in [-0.2, 0) is 17.6 Å². The van der Waals surface area contributed by atoms with Crippen molar-refractivity contribution in [3.05, 3.63) is 58.8 Å². The molecule has 3 aliphatic heterocycles. The average molecular weight is 434 g/mol. The molecular weight excluding hydrogens is 402 g/mol. The van der Waals surface area contributed by atoms with Gasteiger partial charge in [-0.2, -0.15) is 0 Å². The summed E-state index contributed by atoms with van der Waals surface area (Å²) in [6.45, 7) is 6.21. The predicted octanol–water partition coefficient (Wildman–Crippen LogP) is 4.63. The minimum absolute atomic E-state index is 0.380. The summed E-state index contributed by atoms with van der Waals surface area (Å²) in [5, 5.41) is 1.35. The van der Waals surface area contributed by atoms with Crippen LogP contribution in [0.15, 0.2) is 36.5 Å². The Kier molecular flexibility index (Phi) is 5.29. The van der Waals surface area contributed by atoms with E-state index in [1.807, 2.05) is 0 Å². The zero-order chi connectivity index (χ0) is 21.5. The number of rotatable bonds is 5. The minimum atomic E-state index is 0.380. The van der Waals surface area contributed by atoms with Crippen LogP contribution < -0.4 is 15.3 Å². The van der Waals surface area contributed by atoms with E-state index < -0.39 is 0 Å². The van der Waals surface area contributed by atoms with Gasteiger partial charge in [-0.15, -0.1) is 0 Å². The highest BCUT2D eigenvalue weighted by atomic mass is 16.9. The van der Waals surface area contributed by atoms with Crippen molar-refractivity contribution in [1.82, 2.24) is 15.5 Å². The molecule has 1 aromatic heterocycles. The number of aryl methyl sites for hydroxylation is 2. The lowest BCUT2D eigenvalue weighted by Gasteiger charge is -2.40. The van der Waals surface area contributed by atoms with E-state index in [-0.39, 0.29) is 0 Å². The third kappa shape index (κ3) is 3.76. The Morgan fingerprint density at radius 1 is 1.06 bits per heavy atom. The van der Waals surface area contributed by atoms with Gasteiger partial charge in [0.05, 0.1) is 0 Å². The summed E-state index contributed by atoms with van der Waals surface area (Å²) in [5.74, 6) is 2.32. The van der Waals surface area contributed by atoms with Crippen molar-refractivity contribution in [3.63, 3.8) is 0 Å². The van der Waals surface area contributed by atoms with Crippen LogP contribution in [0, 0.1) is 12.8 Å². The summed E-state index contributed by atoms with van der Waals surface area (Å²) >= 11 is 0. The van der Waals surface area contributed by atoms with E-state index in [9.17, 15) is 0 Å². The summed E-state index contributed by atoms with van der Waals surface area (Å²) in [7, 11) is 0. The molecule has 1 unspecified atom stereocenters. The Hall–Kier alpha value is -2.54. The molecule has 0 radical (unpaired) electrons. The van der Waals surface area contributed by atoms with Gasteiger partial charge in [-0.25, -0.2) is 0 Å². The summed E-state index contributed by atoms with van der Waals surface area (Å²) in [5.41, 5.74) is 9.27. The molecule has 1 atom stereocenters. The number of aromatic amines is 1. The summed E-state index contributed by atoms with van der Waals surface area (Å²) < 4.78 is 5.61. The van der Waals surface area contributed by atoms with E-state index in [0.29, 0.717) is 6.04 Å². The van der Waals surface area contributed by atoms with Crippen LogP contribution in [0.25, 0.3) is 10.9 Å². The number of nitrogens with one attached hydrogen (secondary N) is 2. The molecule has 3 aromatic rings. The van der Waals surface area contributed by atoms with Crippen LogP contribution in [0.1, 0.15) is 47.6 Å². The number of hydrogen-bond donors (Lipinski definition) is 2. The van der Waals surface area contributed by atoms with Gasteiger partial charge in [0.2, 0.25) is 0 Å². The maximum absolute atomic E-state index is 5.61. The lowest BCUT2D eigenvalue weighted by molar-refractivity contribution is 0.0259. The first kappa shape index (κ1) is 20.1. The van der Waals surface area contributed by atoms with Crippen molar-refractivity contribution in [2.24, 2.45) is 5.92 Å². The third-order valence-corrected chi connectivity index (χ3v) is 7.42. The van der Waals surface area contributed by atoms with Gasteiger partial charge in [0, 0.05) is 55.1 Å². The third-order valence-electron chi connectivity index (χ3n) is 7.42. The van der Waals surface area contributed by atoms with Crippen LogP contribution in [0.4, 0.5) is 0 Å². The SMILES string of the molecule is Cc1ccc2[nH]cc(CCC3c4cc5c(cc4CCN3CC3CCOCC3)ONO5)c2c1. The smallest absolute Gasteiger partial charge is 0.196 e. The molecule has 1 fully saturated rings. The molecule has 4 heterocycles. The molecule has 6 nitrogen and oxygen atoms in total. The standard InChI is InChI=1S/C26H31N3O3/c1-17-2-4-23-21(12-17)20(15-27-23)3-5-24-22-14-26-25(31-28-32-26)13-19(22)6-9-29(24)16-18-7-10-30-11-8-18/h2,4,12-15,18,24,27-28H,3,5-11,16H2,1H3. The Bertz CT molecular complexity index is 1120. The second-order valence-corrected chi connectivity index (χ2v) is 9.50. The summed E-state index contributed by atoms with van der Waals surface area (Å²) in [6.07, 6.45) is 7.72. The highest BCUT2D eigenvalue weighted by Gasteiger charge is 2.32. The van der Waals surface area contributed by atoms with Crippen molar-refractivity contribution < 1.29 is 14.4 Å². The number of H-pyrrole nitrogens is 1. The summed E-state index contributed by atoms with van der Waals surface area (Å²) in [4.78, 5) is 17.1. The molecule has 168 valence electrons. The predicted molar refractivity (Wildman–Crippen MR) is 124 cm³/mol. The first-order valence-electron chi connectivity index (χ1n) is 11.9. The van der Waals surface area contributed by atoms with Crippen LogP contribution in [0.2, 0.25) is 0 Å². The van der Waals surface area contributed by atoms with E-state index in [2.05, 4.69) is 59.0 Å². The Morgan fingerprint density at radius 2 is 1.91 bits per heavy atom. The molecule has 3 aliphatic rings. The van der Waals surface area contributed by atoms with Crippen molar-refractivity contribution in [2.45, 2.75) is 45.1 Å². The topological polar surface area (TPSA) is 58.8 Å². The van der Waals surface area contributed by atoms with Gasteiger partial charge in [-0.1, -0.05) is 11.6 Å². The van der Waals surface area contributed by atoms with E-state index in [0.717, 1.165) is 63.0 Å². The number of fused-ring (bicyclic) bond motifs is 3. The van der Waals surface area contributed by atoms with Gasteiger partial charge in [0.15, 0.2) is 11.5 Å². The van der Waals surface area contributed by atoms with Crippen molar-refractivity contribution in [3.8, 4) is 11.5 Å². The lowest BCUT2D eigenvalue weighted by atomic mass is 9.87. The zero-order valence-corrected chi connectivity index (χ0v) is 18.7. The Morgan fingerprint density at radius 3 is 2.78 bits per heavy atom. The lowest BCUT2D eigenvalue weighted by Crippen LogP contribution is -2.40. The zero-order valence-electron chi connectivity index (χ0n) is 18.7. The second-order valence-electron chi connectivity index (χ2n) is 9.50. The molecule has 2 aromatic carbocycles. The number of ether oxygens (including phenoxy) is 1. The number of hydrogen-bond acceptors (Lipinski definition) is 5. The van der Waals surface area contributed by atoms with Crippen LogP contribution >= 0.6 is 0 Å². The summed E-state index contributed by atoms with van der Waals surface area (Å²) in [6, 6.07) is 11.4. The van der Waals surface area contributed by atoms with Gasteiger partial charge in [0.1, 0.15) is 0 Å². The quantitative estimate of drug-likeness (QED) is 0.615. The van der Waals surface area contributed by atoms with Crippen molar-refractivity contribution in [1.29, 1.82) is 0 Å². The molecule has 0 amide bonds. The second kappa shape index (κ2) is 8.43. The van der Waals surface area contributed by atoms with E-state index in [4.69, 9.17) is 14.4 Å². The highest BCUT2D eigenvalue weighted by Crippen LogP contribution is 2.42. The molecule has 32 heavy (non-hydrogen) atoms. The molecule has 2 N–H and O–H groups in total. The average Bonchev–Trinajstić information content (AvgIpc) is 3.44. The molecule has 0 bridgehead atoms. The normalized spacial score (nSPS) is 21.2. The van der Waals surface area contributed by atoms with E-state index in [1.165, 1.54) is 46.0 Å². The fraction of sp³-hybridized carbons (Fsp3) is 0.462. The van der Waals surface area contributed by atoms with Gasteiger partial charge in [-0.05, 0) is 85.9 Å². The molecular formula is C26H31N3O3. The van der Waals surface area contributed by atoms with Gasteiger partial charge in [-0.3, -0.25) is 4.90 Å². The highest BCUT2D eigenvalue weighted by molar-refractivity contribution is 5.83. The Balaban J connectivity index is 1.29. The number of benzene rings is 2. The molecule has 0 aliphatic carbocycles. The maximum Gasteiger partial charge on any atom is 0.196 e. The van der Waals surface area contributed by atoms with Gasteiger partial charge >= 0.3 is 0 Å². The minimum Gasteiger partial charge on any atom is -0.381 e. The van der Waals surface area contributed by atoms with Crippen molar-refractivity contribution in [2.75, 3.05) is 26.3 Å². The molecule has 0 saturated carbocycles. The number of nitrogens with zero attached hydrogens (tertiary/aromatic N) is 1. The maximum atomic E-state index is 5.61. The fourth-order valence-electron chi connectivity index (χ4n) is 5.64. The fourth-order valence-corrected chi connectivity index (χ4v) is 5.64. The molecule has 1 saturated heterocycles. The first-order valence-corrected chi connectivity index (χ1v) is 11.9. The molecule has 6 heteroatoms. The van der Waals surface area contributed by atoms with Crippen LogP contribution in [0.3, 0.4) is 0 Å². The monoisotopic (exact) mass is 433 g/mol. The Labute approximate surface area is 188 Å². The molecule has 0 spiro atoms. The van der Waals surface area contributed by atoms with Crippen molar-refractivity contribution >= 4 is 10.9 Å².